The molecule has 0 aliphatic heterocycles. The number of hydrogen-bond acceptors (Lipinski definition) is 5. The maximum Gasteiger partial charge on any atom is 0.150 e. The van der Waals surface area contributed by atoms with Crippen LogP contribution in [0, 0.1) is 4.91 Å². The van der Waals surface area contributed by atoms with E-state index < -0.39 is 21.7 Å². The second-order valence-electron chi connectivity index (χ2n) is 2.06. The average Bonchev–Trinajstić information content (AvgIpc) is 1.59. The van der Waals surface area contributed by atoms with Crippen LogP contribution in [0.5, 0.6) is 0 Å². The van der Waals surface area contributed by atoms with Gasteiger partial charge in [0.2, 0.25) is 0 Å². The van der Waals surface area contributed by atoms with Gasteiger partial charge in [-0.1, -0.05) is 5.18 Å². The van der Waals surface area contributed by atoms with Crippen molar-refractivity contribution in [2.45, 2.75) is 6.10 Å². The molecule has 0 saturated heterocycles. The quantitative estimate of drug-likeness (QED) is 0.553. The van der Waals surface area contributed by atoms with Gasteiger partial charge in [0.25, 0.3) is 0 Å². The fraction of sp³-hybridized carbons (Fsp3) is 1.00. The molecule has 60 valence electrons. The molecule has 0 fully saturated rings. The van der Waals surface area contributed by atoms with Gasteiger partial charge in [0, 0.05) is 6.26 Å². The smallest absolute Gasteiger partial charge is 0.150 e. The van der Waals surface area contributed by atoms with E-state index >= 15 is 0 Å². The molecule has 1 N–H and O–H groups in total. The Morgan fingerprint density at radius 1 is 1.60 bits per heavy atom. The van der Waals surface area contributed by atoms with E-state index in [1.807, 2.05) is 0 Å². The second-order valence-corrected chi connectivity index (χ2v) is 4.24. The van der Waals surface area contributed by atoms with Crippen LogP contribution in [0.4, 0.5) is 0 Å². The van der Waals surface area contributed by atoms with Crippen molar-refractivity contribution in [1.82, 2.24) is 0 Å². The van der Waals surface area contributed by atoms with Crippen LogP contribution in [0.1, 0.15) is 0 Å². The van der Waals surface area contributed by atoms with Crippen molar-refractivity contribution in [2.75, 3.05) is 18.6 Å². The van der Waals surface area contributed by atoms with Crippen LogP contribution in [0.2, 0.25) is 0 Å². The topological polar surface area (TPSA) is 83.8 Å². The van der Waals surface area contributed by atoms with Crippen LogP contribution < -0.4 is 0 Å². The summed E-state index contributed by atoms with van der Waals surface area (Å²) in [6.45, 7) is -0.368. The highest BCUT2D eigenvalue weighted by Gasteiger charge is 2.11. The molecule has 0 rings (SSSR count). The molecular weight excluding hydrogens is 158 g/mol. The number of sulfone groups is 1. The summed E-state index contributed by atoms with van der Waals surface area (Å²) < 4.78 is 20.8. The minimum absolute atomic E-state index is 0.368. The Morgan fingerprint density at radius 2 is 2.10 bits per heavy atom. The minimum atomic E-state index is -3.19. The van der Waals surface area contributed by atoms with Gasteiger partial charge >= 0.3 is 0 Å². The lowest BCUT2D eigenvalue weighted by molar-refractivity contribution is 0.206. The van der Waals surface area contributed by atoms with E-state index in [0.717, 1.165) is 6.26 Å². The number of rotatable bonds is 4. The Balaban J connectivity index is 3.80. The van der Waals surface area contributed by atoms with Crippen LogP contribution in [-0.4, -0.2) is 38.2 Å². The van der Waals surface area contributed by atoms with Crippen molar-refractivity contribution < 1.29 is 13.5 Å². The van der Waals surface area contributed by atoms with E-state index in [9.17, 15) is 13.3 Å². The average molecular weight is 167 g/mol. The zero-order chi connectivity index (χ0) is 8.20. The fourth-order valence-corrected chi connectivity index (χ4v) is 1.29. The molecule has 0 radical (unpaired) electrons. The van der Waals surface area contributed by atoms with Crippen molar-refractivity contribution in [2.24, 2.45) is 5.18 Å². The summed E-state index contributed by atoms with van der Waals surface area (Å²) in [6.07, 6.45) is -0.173. The number of aliphatic hydroxyl groups excluding tert-OH is 1. The molecule has 0 saturated carbocycles. The normalized spacial score (nSPS) is 14.6. The molecule has 0 bridgehead atoms. The third kappa shape index (κ3) is 5.64. The summed E-state index contributed by atoms with van der Waals surface area (Å²) in [4.78, 5) is 9.50. The summed E-state index contributed by atoms with van der Waals surface area (Å²) in [5.41, 5.74) is 0. The molecule has 0 aromatic carbocycles. The van der Waals surface area contributed by atoms with Crippen molar-refractivity contribution in [1.29, 1.82) is 0 Å². The largest absolute Gasteiger partial charge is 0.390 e. The fourth-order valence-electron chi connectivity index (χ4n) is 0.488. The van der Waals surface area contributed by atoms with Crippen molar-refractivity contribution in [3.63, 3.8) is 0 Å². The van der Waals surface area contributed by atoms with E-state index in [-0.39, 0.29) is 6.54 Å². The molecule has 5 nitrogen and oxygen atoms in total. The van der Waals surface area contributed by atoms with Gasteiger partial charge < -0.3 is 5.11 Å². The zero-order valence-corrected chi connectivity index (χ0v) is 6.34. The van der Waals surface area contributed by atoms with Gasteiger partial charge in [0.15, 0.2) is 0 Å². The molecule has 0 aromatic rings. The van der Waals surface area contributed by atoms with Crippen molar-refractivity contribution in [3.05, 3.63) is 4.91 Å². The van der Waals surface area contributed by atoms with Gasteiger partial charge in [-0.05, 0) is 0 Å². The summed E-state index contributed by atoms with van der Waals surface area (Å²) in [7, 11) is -3.19. The first-order chi connectivity index (χ1) is 4.45. The van der Waals surface area contributed by atoms with E-state index in [0.29, 0.717) is 0 Å². The zero-order valence-electron chi connectivity index (χ0n) is 5.52. The van der Waals surface area contributed by atoms with Crippen LogP contribution >= 0.6 is 0 Å². The highest BCUT2D eigenvalue weighted by molar-refractivity contribution is 7.90. The number of nitroso groups, excluding NO2 is 1. The third-order valence-electron chi connectivity index (χ3n) is 0.780. The first-order valence-electron chi connectivity index (χ1n) is 2.60. The van der Waals surface area contributed by atoms with Gasteiger partial charge in [0.1, 0.15) is 16.4 Å². The van der Waals surface area contributed by atoms with Gasteiger partial charge in [-0.25, -0.2) is 8.42 Å². The van der Waals surface area contributed by atoms with Crippen LogP contribution in [-0.2, 0) is 9.84 Å². The highest BCUT2D eigenvalue weighted by atomic mass is 32.2. The molecule has 0 spiro atoms. The van der Waals surface area contributed by atoms with Crippen LogP contribution in [0.3, 0.4) is 0 Å². The predicted octanol–water partition coefficient (Wildman–Crippen LogP) is -0.842. The molecular formula is C4H9NO4S. The number of hydrogen-bond donors (Lipinski definition) is 1. The van der Waals surface area contributed by atoms with Crippen molar-refractivity contribution >= 4 is 9.84 Å². The Bertz CT molecular complexity index is 197. The Hall–Kier alpha value is -0.490. The maximum atomic E-state index is 10.4. The van der Waals surface area contributed by atoms with E-state index in [2.05, 4.69) is 5.18 Å². The molecule has 6 heteroatoms. The molecule has 0 amide bonds. The van der Waals surface area contributed by atoms with Gasteiger partial charge in [-0.2, -0.15) is 4.91 Å². The minimum Gasteiger partial charge on any atom is -0.390 e. The van der Waals surface area contributed by atoms with Gasteiger partial charge in [-0.15, -0.1) is 0 Å². The van der Waals surface area contributed by atoms with E-state index in [4.69, 9.17) is 5.11 Å². The lowest BCUT2D eigenvalue weighted by Gasteiger charge is -2.01. The number of nitrogens with zero attached hydrogens (tertiary/aromatic N) is 1. The SMILES string of the molecule is CS(=O)(=O)CC(O)CN=O. The summed E-state index contributed by atoms with van der Waals surface area (Å²) in [6, 6.07) is 0. The number of aliphatic hydroxyl groups is 1. The summed E-state index contributed by atoms with van der Waals surface area (Å²) >= 11 is 0. The molecule has 0 aliphatic carbocycles. The van der Waals surface area contributed by atoms with E-state index in [1.54, 1.807) is 0 Å². The van der Waals surface area contributed by atoms with Crippen molar-refractivity contribution in [3.8, 4) is 0 Å². The first-order valence-corrected chi connectivity index (χ1v) is 4.66. The molecule has 10 heavy (non-hydrogen) atoms. The molecule has 0 aliphatic rings. The molecule has 0 aromatic heterocycles. The maximum absolute atomic E-state index is 10.4. The molecule has 1 unspecified atom stereocenters. The second kappa shape index (κ2) is 3.62. The van der Waals surface area contributed by atoms with Gasteiger partial charge in [0.05, 0.1) is 11.9 Å². The third-order valence-corrected chi connectivity index (χ3v) is 1.77. The first kappa shape index (κ1) is 9.51. The van der Waals surface area contributed by atoms with Crippen LogP contribution in [0.25, 0.3) is 0 Å². The summed E-state index contributed by atoms with van der Waals surface area (Å²) in [5.74, 6) is -0.404. The van der Waals surface area contributed by atoms with Gasteiger partial charge in [-0.3, -0.25) is 0 Å². The lowest BCUT2D eigenvalue weighted by atomic mass is 10.4. The Morgan fingerprint density at radius 3 is 2.40 bits per heavy atom. The standard InChI is InChI=1S/C4H9NO4S/c1-10(8,9)3-4(6)2-5-7/h4,6H,2-3H2,1H3. The van der Waals surface area contributed by atoms with E-state index in [1.165, 1.54) is 0 Å². The predicted molar refractivity (Wildman–Crippen MR) is 36.4 cm³/mol. The molecule has 0 heterocycles. The Labute approximate surface area is 58.9 Å². The summed E-state index contributed by atoms with van der Waals surface area (Å²) in [5, 5.41) is 11.1. The lowest BCUT2D eigenvalue weighted by Crippen LogP contribution is -2.22. The van der Waals surface area contributed by atoms with Crippen LogP contribution in [0.15, 0.2) is 5.18 Å². The monoisotopic (exact) mass is 167 g/mol. The highest BCUT2D eigenvalue weighted by Crippen LogP contribution is 1.90. The Kier molecular flexibility index (Phi) is 3.45. The molecule has 1 atom stereocenters.